The Kier molecular flexibility index (Phi) is 6.13. The number of carbonyl (C=O) groups is 1. The van der Waals surface area contributed by atoms with Gasteiger partial charge in [-0.2, -0.15) is 0 Å². The Morgan fingerprint density at radius 2 is 1.95 bits per heavy atom. The Morgan fingerprint density at radius 1 is 1.35 bits per heavy atom. The fraction of sp³-hybridized carbons (Fsp3) is 0.462. The Morgan fingerprint density at radius 3 is 2.45 bits per heavy atom. The molecule has 1 atom stereocenters. The summed E-state index contributed by atoms with van der Waals surface area (Å²) < 4.78 is 39.6. The number of ether oxygens (including phenoxy) is 1. The molecule has 0 bridgehead atoms. The third-order valence-electron chi connectivity index (χ3n) is 2.54. The molecule has 1 aromatic rings. The number of amides is 1. The quantitative estimate of drug-likeness (QED) is 0.813. The average Bonchev–Trinajstić information content (AvgIpc) is 2.37. The summed E-state index contributed by atoms with van der Waals surface area (Å²) in [6.45, 7) is 2.36. The van der Waals surface area contributed by atoms with E-state index in [0.717, 1.165) is 18.6 Å². The third-order valence-corrected chi connectivity index (χ3v) is 3.06. The summed E-state index contributed by atoms with van der Waals surface area (Å²) in [7, 11) is 0. The van der Waals surface area contributed by atoms with Crippen LogP contribution >= 0.6 is 11.6 Å². The predicted octanol–water partition coefficient (Wildman–Crippen LogP) is 3.72. The largest absolute Gasteiger partial charge is 0.573 e. The maximum Gasteiger partial charge on any atom is 0.573 e. The van der Waals surface area contributed by atoms with Crippen LogP contribution in [0, 0.1) is 0 Å². The van der Waals surface area contributed by atoms with Crippen molar-refractivity contribution in [3.63, 3.8) is 0 Å². The van der Waals surface area contributed by atoms with E-state index in [1.54, 1.807) is 0 Å². The van der Waals surface area contributed by atoms with Crippen molar-refractivity contribution in [3.8, 4) is 5.75 Å². The molecule has 0 aliphatic heterocycles. The number of benzene rings is 1. The van der Waals surface area contributed by atoms with Gasteiger partial charge < -0.3 is 10.1 Å². The molecule has 112 valence electrons. The molecule has 0 fully saturated rings. The van der Waals surface area contributed by atoms with Gasteiger partial charge in [-0.1, -0.05) is 6.92 Å². The molecule has 0 radical (unpaired) electrons. The van der Waals surface area contributed by atoms with E-state index in [0.29, 0.717) is 13.0 Å². The van der Waals surface area contributed by atoms with Crippen LogP contribution in [-0.4, -0.2) is 24.2 Å². The fourth-order valence-corrected chi connectivity index (χ4v) is 1.57. The molecule has 0 saturated carbocycles. The van der Waals surface area contributed by atoms with Crippen molar-refractivity contribution >= 4 is 17.5 Å². The third kappa shape index (κ3) is 6.14. The van der Waals surface area contributed by atoms with E-state index in [-0.39, 0.29) is 22.6 Å². The zero-order valence-corrected chi connectivity index (χ0v) is 11.6. The van der Waals surface area contributed by atoms with E-state index in [1.165, 1.54) is 12.1 Å². The Bertz CT molecular complexity index is 434. The number of alkyl halides is 4. The highest BCUT2D eigenvalue weighted by atomic mass is 35.5. The second kappa shape index (κ2) is 7.38. The van der Waals surface area contributed by atoms with Crippen LogP contribution in [0.15, 0.2) is 24.3 Å². The number of carbonyl (C=O) groups excluding carboxylic acids is 1. The van der Waals surface area contributed by atoms with E-state index >= 15 is 0 Å². The standard InChI is InChI=1S/C13H15ClF3NO2/c1-2-10(14)7-8-18-12(19)9-3-5-11(6-4-9)20-13(15,16)17/h3-6,10H,2,7-8H2,1H3,(H,18,19). The lowest BCUT2D eigenvalue weighted by molar-refractivity contribution is -0.274. The highest BCUT2D eigenvalue weighted by Gasteiger charge is 2.31. The van der Waals surface area contributed by atoms with Gasteiger partial charge in [0.1, 0.15) is 5.75 Å². The zero-order valence-electron chi connectivity index (χ0n) is 10.8. The van der Waals surface area contributed by atoms with E-state index in [1.807, 2.05) is 6.92 Å². The van der Waals surface area contributed by atoms with Gasteiger partial charge in [0, 0.05) is 17.5 Å². The van der Waals surface area contributed by atoms with Crippen LogP contribution in [-0.2, 0) is 0 Å². The fourth-order valence-electron chi connectivity index (χ4n) is 1.46. The first-order valence-corrected chi connectivity index (χ1v) is 6.53. The molecule has 0 saturated heterocycles. The summed E-state index contributed by atoms with van der Waals surface area (Å²) in [6.07, 6.45) is -3.29. The van der Waals surface area contributed by atoms with Crippen LogP contribution in [0.2, 0.25) is 0 Å². The monoisotopic (exact) mass is 309 g/mol. The number of nitrogens with one attached hydrogen (secondary N) is 1. The van der Waals surface area contributed by atoms with Gasteiger partial charge in [0.05, 0.1) is 0 Å². The predicted molar refractivity (Wildman–Crippen MR) is 70.0 cm³/mol. The molecule has 7 heteroatoms. The van der Waals surface area contributed by atoms with Crippen LogP contribution in [0.5, 0.6) is 5.75 Å². The number of rotatable bonds is 6. The van der Waals surface area contributed by atoms with Crippen molar-refractivity contribution in [2.24, 2.45) is 0 Å². The zero-order chi connectivity index (χ0) is 15.2. The minimum Gasteiger partial charge on any atom is -0.406 e. The Hall–Kier alpha value is -1.43. The summed E-state index contributed by atoms with van der Waals surface area (Å²) in [5.41, 5.74) is 0.266. The minimum atomic E-state index is -4.74. The average molecular weight is 310 g/mol. The van der Waals surface area contributed by atoms with E-state index in [9.17, 15) is 18.0 Å². The molecule has 1 rings (SSSR count). The van der Waals surface area contributed by atoms with Crippen molar-refractivity contribution in [2.45, 2.75) is 31.5 Å². The second-order valence-corrected chi connectivity index (χ2v) is 4.74. The minimum absolute atomic E-state index is 0.00198. The topological polar surface area (TPSA) is 38.3 Å². The summed E-state index contributed by atoms with van der Waals surface area (Å²) in [5, 5.41) is 2.64. The molecular weight excluding hydrogens is 295 g/mol. The molecule has 1 N–H and O–H groups in total. The van der Waals surface area contributed by atoms with Gasteiger partial charge in [-0.25, -0.2) is 0 Å². The molecule has 20 heavy (non-hydrogen) atoms. The van der Waals surface area contributed by atoms with E-state index in [2.05, 4.69) is 10.1 Å². The van der Waals surface area contributed by atoms with Crippen LogP contribution in [0.25, 0.3) is 0 Å². The lowest BCUT2D eigenvalue weighted by Gasteiger charge is -2.10. The normalized spacial score (nSPS) is 12.8. The van der Waals surface area contributed by atoms with Gasteiger partial charge in [-0.3, -0.25) is 4.79 Å². The second-order valence-electron chi connectivity index (χ2n) is 4.12. The molecule has 0 aliphatic carbocycles. The highest BCUT2D eigenvalue weighted by Crippen LogP contribution is 2.22. The Balaban J connectivity index is 2.49. The van der Waals surface area contributed by atoms with Gasteiger partial charge in [-0.05, 0) is 37.1 Å². The number of hydrogen-bond donors (Lipinski definition) is 1. The molecule has 0 spiro atoms. The molecular formula is C13H15ClF3NO2. The van der Waals surface area contributed by atoms with Gasteiger partial charge in [0.25, 0.3) is 5.91 Å². The number of halogens is 4. The first-order valence-electron chi connectivity index (χ1n) is 6.10. The molecule has 1 aromatic carbocycles. The van der Waals surface area contributed by atoms with E-state index < -0.39 is 6.36 Å². The van der Waals surface area contributed by atoms with Crippen molar-refractivity contribution in [3.05, 3.63) is 29.8 Å². The summed E-state index contributed by atoms with van der Waals surface area (Å²) in [5.74, 6) is -0.718. The SMILES string of the molecule is CCC(Cl)CCNC(=O)c1ccc(OC(F)(F)F)cc1. The molecule has 3 nitrogen and oxygen atoms in total. The van der Waals surface area contributed by atoms with E-state index in [4.69, 9.17) is 11.6 Å². The molecule has 1 amide bonds. The van der Waals surface area contributed by atoms with Crippen molar-refractivity contribution in [2.75, 3.05) is 6.54 Å². The summed E-state index contributed by atoms with van der Waals surface area (Å²) in [6, 6.07) is 4.74. The lowest BCUT2D eigenvalue weighted by Crippen LogP contribution is -2.26. The summed E-state index contributed by atoms with van der Waals surface area (Å²) >= 11 is 5.90. The van der Waals surface area contributed by atoms with Crippen LogP contribution in [0.3, 0.4) is 0 Å². The van der Waals surface area contributed by atoms with Crippen LogP contribution < -0.4 is 10.1 Å². The molecule has 1 unspecified atom stereocenters. The van der Waals surface area contributed by atoms with Crippen molar-refractivity contribution < 1.29 is 22.7 Å². The highest BCUT2D eigenvalue weighted by molar-refractivity contribution is 6.20. The first kappa shape index (κ1) is 16.6. The maximum absolute atomic E-state index is 12.0. The van der Waals surface area contributed by atoms with Gasteiger partial charge >= 0.3 is 6.36 Å². The molecule has 0 aromatic heterocycles. The lowest BCUT2D eigenvalue weighted by atomic mass is 10.2. The molecule has 0 aliphatic rings. The molecule has 0 heterocycles. The smallest absolute Gasteiger partial charge is 0.406 e. The number of hydrogen-bond acceptors (Lipinski definition) is 2. The Labute approximate surface area is 120 Å². The maximum atomic E-state index is 12.0. The van der Waals surface area contributed by atoms with Crippen LogP contribution in [0.1, 0.15) is 30.1 Å². The van der Waals surface area contributed by atoms with Crippen LogP contribution in [0.4, 0.5) is 13.2 Å². The summed E-state index contributed by atoms with van der Waals surface area (Å²) in [4.78, 5) is 11.7. The van der Waals surface area contributed by atoms with Gasteiger partial charge in [0.15, 0.2) is 0 Å². The van der Waals surface area contributed by atoms with Gasteiger partial charge in [0.2, 0.25) is 0 Å². The van der Waals surface area contributed by atoms with Crippen molar-refractivity contribution in [1.29, 1.82) is 0 Å². The van der Waals surface area contributed by atoms with Crippen molar-refractivity contribution in [1.82, 2.24) is 5.32 Å². The first-order chi connectivity index (χ1) is 9.31. The van der Waals surface area contributed by atoms with Gasteiger partial charge in [-0.15, -0.1) is 24.8 Å².